The van der Waals surface area contributed by atoms with Crippen LogP contribution >= 0.6 is 0 Å². The van der Waals surface area contributed by atoms with Gasteiger partial charge in [-0.15, -0.1) is 0 Å². The van der Waals surface area contributed by atoms with Gasteiger partial charge in [0.15, 0.2) is 0 Å². The third-order valence-electron chi connectivity index (χ3n) is 1.96. The summed E-state index contributed by atoms with van der Waals surface area (Å²) in [5, 5.41) is 8.71. The first-order valence-corrected chi connectivity index (χ1v) is 4.35. The number of hydrogen-bond acceptors (Lipinski definition) is 3. The Hall–Kier alpha value is -1.58. The lowest BCUT2D eigenvalue weighted by atomic mass is 10.1. The van der Waals surface area contributed by atoms with Crippen molar-refractivity contribution in [2.24, 2.45) is 5.92 Å². The number of aromatic nitrogens is 1. The van der Waals surface area contributed by atoms with Crippen LogP contribution < -0.4 is 4.74 Å². The lowest BCUT2D eigenvalue weighted by molar-refractivity contribution is -0.141. The molecule has 1 N–H and O–H groups in total. The number of methoxy groups -OCH3 is 1. The predicted molar refractivity (Wildman–Crippen MR) is 51.3 cm³/mol. The second-order valence-electron chi connectivity index (χ2n) is 3.13. The summed E-state index contributed by atoms with van der Waals surface area (Å²) in [7, 11) is 1.57. The van der Waals surface area contributed by atoms with Crippen molar-refractivity contribution >= 4 is 5.97 Å². The number of nitrogens with zero attached hydrogens (tertiary/aromatic N) is 1. The van der Waals surface area contributed by atoms with Crippen molar-refractivity contribution in [3.63, 3.8) is 0 Å². The molecule has 1 aromatic rings. The Morgan fingerprint density at radius 2 is 2.43 bits per heavy atom. The van der Waals surface area contributed by atoms with Gasteiger partial charge < -0.3 is 9.84 Å². The van der Waals surface area contributed by atoms with Crippen LogP contribution in [-0.2, 0) is 11.2 Å². The van der Waals surface area contributed by atoms with E-state index in [9.17, 15) is 4.79 Å². The number of hydrogen-bond donors (Lipinski definition) is 1. The van der Waals surface area contributed by atoms with Gasteiger partial charge in [0.1, 0.15) is 5.75 Å². The van der Waals surface area contributed by atoms with E-state index in [0.29, 0.717) is 12.2 Å². The molecule has 1 heterocycles. The summed E-state index contributed by atoms with van der Waals surface area (Å²) in [4.78, 5) is 14.7. The van der Waals surface area contributed by atoms with E-state index in [1.165, 1.54) is 0 Å². The first-order valence-electron chi connectivity index (χ1n) is 4.35. The molecule has 76 valence electrons. The molecule has 4 nitrogen and oxygen atoms in total. The Balaban J connectivity index is 2.71. The zero-order chi connectivity index (χ0) is 10.6. The fourth-order valence-electron chi connectivity index (χ4n) is 1.10. The normalized spacial score (nSPS) is 12.1. The summed E-state index contributed by atoms with van der Waals surface area (Å²) in [5.74, 6) is -0.531. The second-order valence-corrected chi connectivity index (χ2v) is 3.13. The molecule has 0 saturated carbocycles. The van der Waals surface area contributed by atoms with Crippen LogP contribution in [0.5, 0.6) is 5.75 Å². The quantitative estimate of drug-likeness (QED) is 0.787. The number of carboxylic acids is 1. The van der Waals surface area contributed by atoms with E-state index in [0.717, 1.165) is 5.69 Å². The average Bonchev–Trinajstić information content (AvgIpc) is 2.18. The Morgan fingerprint density at radius 1 is 1.71 bits per heavy atom. The van der Waals surface area contributed by atoms with Crippen molar-refractivity contribution < 1.29 is 14.6 Å². The molecule has 0 radical (unpaired) electrons. The number of carboxylic acid groups (broad SMARTS) is 1. The van der Waals surface area contributed by atoms with E-state index in [1.807, 2.05) is 0 Å². The van der Waals surface area contributed by atoms with Crippen LogP contribution in [-0.4, -0.2) is 23.2 Å². The number of carbonyl (C=O) groups is 1. The minimum absolute atomic E-state index is 0.422. The van der Waals surface area contributed by atoms with Crippen molar-refractivity contribution in [3.05, 3.63) is 24.0 Å². The molecule has 1 unspecified atom stereocenters. The largest absolute Gasteiger partial charge is 0.497 e. The standard InChI is InChI=1S/C10H13NO3/c1-7(10(12)13)5-8-6-9(14-2)3-4-11-8/h3-4,6-7H,5H2,1-2H3,(H,12,13). The fourth-order valence-corrected chi connectivity index (χ4v) is 1.10. The first-order chi connectivity index (χ1) is 6.63. The molecule has 0 amide bonds. The molecule has 14 heavy (non-hydrogen) atoms. The zero-order valence-electron chi connectivity index (χ0n) is 8.23. The Kier molecular flexibility index (Phi) is 3.45. The van der Waals surface area contributed by atoms with Gasteiger partial charge >= 0.3 is 5.97 Å². The Bertz CT molecular complexity index is 325. The molecule has 0 aliphatic heterocycles. The molecule has 0 spiro atoms. The van der Waals surface area contributed by atoms with Crippen LogP contribution in [0.3, 0.4) is 0 Å². The van der Waals surface area contributed by atoms with Gasteiger partial charge in [-0.1, -0.05) is 6.92 Å². The molecule has 0 bridgehead atoms. The van der Waals surface area contributed by atoms with Crippen LogP contribution in [0.2, 0.25) is 0 Å². The Labute approximate surface area is 82.5 Å². The molecule has 1 aromatic heterocycles. The van der Waals surface area contributed by atoms with Crippen molar-refractivity contribution in [2.75, 3.05) is 7.11 Å². The molecular weight excluding hydrogens is 182 g/mol. The number of rotatable bonds is 4. The monoisotopic (exact) mass is 195 g/mol. The summed E-state index contributed by atoms with van der Waals surface area (Å²) in [5.41, 5.74) is 0.735. The van der Waals surface area contributed by atoms with Gasteiger partial charge in [-0.3, -0.25) is 9.78 Å². The third kappa shape index (κ3) is 2.73. The number of pyridine rings is 1. The summed E-state index contributed by atoms with van der Waals surface area (Å²) >= 11 is 0. The lowest BCUT2D eigenvalue weighted by Gasteiger charge is -2.06. The van der Waals surface area contributed by atoms with Gasteiger partial charge in [-0.05, 0) is 6.07 Å². The van der Waals surface area contributed by atoms with Crippen molar-refractivity contribution in [1.29, 1.82) is 0 Å². The maximum atomic E-state index is 10.6. The van der Waals surface area contributed by atoms with Crippen molar-refractivity contribution in [1.82, 2.24) is 4.98 Å². The lowest BCUT2D eigenvalue weighted by Crippen LogP contribution is -2.12. The van der Waals surface area contributed by atoms with Crippen LogP contribution in [0.15, 0.2) is 18.3 Å². The predicted octanol–water partition coefficient (Wildman–Crippen LogP) is 1.35. The second kappa shape index (κ2) is 4.60. The van der Waals surface area contributed by atoms with Crippen LogP contribution in [0.25, 0.3) is 0 Å². The zero-order valence-corrected chi connectivity index (χ0v) is 8.23. The summed E-state index contributed by atoms with van der Waals surface area (Å²) in [6.07, 6.45) is 2.04. The fraction of sp³-hybridized carbons (Fsp3) is 0.400. The van der Waals surface area contributed by atoms with E-state index in [2.05, 4.69) is 4.98 Å². The molecule has 0 aliphatic rings. The van der Waals surface area contributed by atoms with E-state index in [-0.39, 0.29) is 0 Å². The maximum Gasteiger partial charge on any atom is 0.306 e. The minimum atomic E-state index is -0.811. The molecule has 0 fully saturated rings. The molecule has 1 rings (SSSR count). The highest BCUT2D eigenvalue weighted by molar-refractivity contribution is 5.69. The van der Waals surface area contributed by atoms with Crippen LogP contribution in [0.1, 0.15) is 12.6 Å². The molecule has 0 saturated heterocycles. The first kappa shape index (κ1) is 10.5. The topological polar surface area (TPSA) is 59.4 Å². The van der Waals surface area contributed by atoms with E-state index < -0.39 is 11.9 Å². The summed E-state index contributed by atoms with van der Waals surface area (Å²) < 4.78 is 5.01. The van der Waals surface area contributed by atoms with E-state index in [1.54, 1.807) is 32.4 Å². The van der Waals surface area contributed by atoms with Crippen molar-refractivity contribution in [2.45, 2.75) is 13.3 Å². The van der Waals surface area contributed by atoms with E-state index >= 15 is 0 Å². The smallest absolute Gasteiger partial charge is 0.306 e. The SMILES string of the molecule is COc1ccnc(CC(C)C(=O)O)c1. The molecule has 4 heteroatoms. The van der Waals surface area contributed by atoms with Crippen LogP contribution in [0, 0.1) is 5.92 Å². The van der Waals surface area contributed by atoms with Gasteiger partial charge in [-0.2, -0.15) is 0 Å². The van der Waals surface area contributed by atoms with Gasteiger partial charge in [0.2, 0.25) is 0 Å². The number of aliphatic carboxylic acids is 1. The van der Waals surface area contributed by atoms with Crippen LogP contribution in [0.4, 0.5) is 0 Å². The molecule has 0 aliphatic carbocycles. The number of ether oxygens (including phenoxy) is 1. The maximum absolute atomic E-state index is 10.6. The average molecular weight is 195 g/mol. The molecule has 0 aromatic carbocycles. The summed E-state index contributed by atoms with van der Waals surface area (Å²) in [6.45, 7) is 1.66. The van der Waals surface area contributed by atoms with Gasteiger partial charge in [0, 0.05) is 24.4 Å². The highest BCUT2D eigenvalue weighted by Crippen LogP contribution is 2.13. The van der Waals surface area contributed by atoms with Gasteiger partial charge in [0.05, 0.1) is 13.0 Å². The summed E-state index contributed by atoms with van der Waals surface area (Å²) in [6, 6.07) is 3.48. The molecular formula is C10H13NO3. The molecule has 1 atom stereocenters. The van der Waals surface area contributed by atoms with E-state index in [4.69, 9.17) is 9.84 Å². The van der Waals surface area contributed by atoms with Gasteiger partial charge in [-0.25, -0.2) is 0 Å². The highest BCUT2D eigenvalue weighted by atomic mass is 16.5. The third-order valence-corrected chi connectivity index (χ3v) is 1.96. The van der Waals surface area contributed by atoms with Gasteiger partial charge in [0.25, 0.3) is 0 Å². The Morgan fingerprint density at radius 3 is 3.00 bits per heavy atom. The van der Waals surface area contributed by atoms with Crippen molar-refractivity contribution in [3.8, 4) is 5.75 Å². The highest BCUT2D eigenvalue weighted by Gasteiger charge is 2.12. The minimum Gasteiger partial charge on any atom is -0.497 e.